The largest absolute Gasteiger partial charge is 0.383 e. The second-order valence-electron chi connectivity index (χ2n) is 8.19. The summed E-state index contributed by atoms with van der Waals surface area (Å²) >= 11 is 0. The number of terminal acetylenes is 1. The number of rotatable bonds is 4. The molecule has 4 heterocycles. The van der Waals surface area contributed by atoms with E-state index in [4.69, 9.17) is 16.9 Å². The first-order valence-electron chi connectivity index (χ1n) is 10.6. The number of aromatic nitrogens is 4. The monoisotopic (exact) mass is 456 g/mol. The second-order valence-corrected chi connectivity index (χ2v) is 8.19. The normalized spacial score (nSPS) is 12.5. The first-order valence-corrected chi connectivity index (χ1v) is 10.6. The summed E-state index contributed by atoms with van der Waals surface area (Å²) < 4.78 is 22.3. The van der Waals surface area contributed by atoms with Crippen LogP contribution in [0, 0.1) is 25.1 Å². The molecular formula is C25H21FN6O2. The van der Waals surface area contributed by atoms with Crippen molar-refractivity contribution in [2.24, 2.45) is 7.05 Å². The van der Waals surface area contributed by atoms with Crippen LogP contribution in [0.25, 0.3) is 10.9 Å². The fourth-order valence-corrected chi connectivity index (χ4v) is 4.14. The van der Waals surface area contributed by atoms with Gasteiger partial charge in [-0.05, 0) is 30.2 Å². The van der Waals surface area contributed by atoms with E-state index in [0.717, 1.165) is 16.7 Å². The van der Waals surface area contributed by atoms with E-state index in [9.17, 15) is 4.79 Å². The van der Waals surface area contributed by atoms with E-state index in [2.05, 4.69) is 21.0 Å². The van der Waals surface area contributed by atoms with E-state index in [-0.39, 0.29) is 12.1 Å². The Morgan fingerprint density at radius 3 is 2.79 bits per heavy atom. The molecule has 8 nitrogen and oxygen atoms in total. The molecule has 1 aliphatic rings. The summed E-state index contributed by atoms with van der Waals surface area (Å²) in [7, 11) is 1.74. The van der Waals surface area contributed by atoms with Crippen LogP contribution in [0.4, 0.5) is 15.9 Å². The first-order chi connectivity index (χ1) is 16.4. The summed E-state index contributed by atoms with van der Waals surface area (Å²) in [4.78, 5) is 23.8. The van der Waals surface area contributed by atoms with Gasteiger partial charge in [0.05, 0.1) is 48.4 Å². The molecule has 5 rings (SSSR count). The van der Waals surface area contributed by atoms with Gasteiger partial charge in [0.25, 0.3) is 5.91 Å². The highest BCUT2D eigenvalue weighted by atomic mass is 19.1. The fraction of sp³-hybridized carbons (Fsp3) is 0.200. The zero-order chi connectivity index (χ0) is 24.0. The number of fused-ring (bicyclic) bond motifs is 3. The van der Waals surface area contributed by atoms with Crippen LogP contribution >= 0.6 is 0 Å². The van der Waals surface area contributed by atoms with Gasteiger partial charge >= 0.3 is 0 Å². The van der Waals surface area contributed by atoms with E-state index in [1.807, 2.05) is 13.0 Å². The zero-order valence-corrected chi connectivity index (χ0v) is 18.7. The van der Waals surface area contributed by atoms with Crippen LogP contribution in [-0.2, 0) is 31.5 Å². The minimum atomic E-state index is -0.691. The van der Waals surface area contributed by atoms with Crippen molar-refractivity contribution in [3.8, 4) is 12.3 Å². The number of pyridine rings is 2. The Morgan fingerprint density at radius 1 is 1.29 bits per heavy atom. The maximum Gasteiger partial charge on any atom is 0.261 e. The van der Waals surface area contributed by atoms with Crippen LogP contribution in [0.5, 0.6) is 0 Å². The van der Waals surface area contributed by atoms with Crippen molar-refractivity contribution in [2.45, 2.75) is 26.7 Å². The van der Waals surface area contributed by atoms with Crippen LogP contribution in [0.2, 0.25) is 0 Å². The highest BCUT2D eigenvalue weighted by molar-refractivity contribution is 6.08. The van der Waals surface area contributed by atoms with Gasteiger partial charge in [-0.15, -0.1) is 6.42 Å². The van der Waals surface area contributed by atoms with Crippen LogP contribution in [0.3, 0.4) is 0 Å². The fourth-order valence-electron chi connectivity index (χ4n) is 4.14. The van der Waals surface area contributed by atoms with E-state index in [0.29, 0.717) is 46.9 Å². The maximum absolute atomic E-state index is 15.2. The molecule has 0 fully saturated rings. The lowest BCUT2D eigenvalue weighted by Gasteiger charge is -2.22. The summed E-state index contributed by atoms with van der Waals surface area (Å²) in [5.41, 5.74) is 10.6. The van der Waals surface area contributed by atoms with Gasteiger partial charge in [-0.2, -0.15) is 5.10 Å². The van der Waals surface area contributed by atoms with Gasteiger partial charge in [0.1, 0.15) is 11.6 Å². The topological polar surface area (TPSA) is 99.2 Å². The molecule has 1 aliphatic heterocycles. The molecular weight excluding hydrogens is 435 g/mol. The summed E-state index contributed by atoms with van der Waals surface area (Å²) in [6.07, 6.45) is 10.3. The van der Waals surface area contributed by atoms with Crippen LogP contribution < -0.4 is 10.6 Å². The molecule has 0 unspecified atom stereocenters. The van der Waals surface area contributed by atoms with Gasteiger partial charge in [-0.1, -0.05) is 5.92 Å². The summed E-state index contributed by atoms with van der Waals surface area (Å²) in [5.74, 6) is 1.67. The minimum Gasteiger partial charge on any atom is -0.383 e. The highest BCUT2D eigenvalue weighted by Gasteiger charge is 2.26. The maximum atomic E-state index is 15.2. The number of carbonyl (C=O) groups excluding carboxylic acids is 1. The van der Waals surface area contributed by atoms with Gasteiger partial charge in [0.2, 0.25) is 0 Å². The molecule has 0 radical (unpaired) electrons. The molecule has 4 aromatic rings. The Bertz CT molecular complexity index is 1500. The van der Waals surface area contributed by atoms with Crippen molar-refractivity contribution in [1.29, 1.82) is 0 Å². The molecule has 2 N–H and O–H groups in total. The van der Waals surface area contributed by atoms with Crippen molar-refractivity contribution < 1.29 is 13.9 Å². The second kappa shape index (κ2) is 8.24. The molecule has 0 saturated carbocycles. The number of nitrogens with zero attached hydrogens (tertiary/aromatic N) is 5. The smallest absolute Gasteiger partial charge is 0.261 e. The Hall–Kier alpha value is -4.29. The number of anilines is 2. The number of nitrogen functional groups attached to an aromatic ring is 1. The molecule has 1 amide bonds. The van der Waals surface area contributed by atoms with Crippen molar-refractivity contribution in [1.82, 2.24) is 19.7 Å². The predicted octanol–water partition coefficient (Wildman–Crippen LogP) is 3.25. The molecule has 3 aromatic heterocycles. The molecule has 34 heavy (non-hydrogen) atoms. The number of amides is 1. The molecule has 0 atom stereocenters. The van der Waals surface area contributed by atoms with Crippen LogP contribution in [0.1, 0.15) is 38.3 Å². The molecule has 0 bridgehead atoms. The van der Waals surface area contributed by atoms with Gasteiger partial charge < -0.3 is 10.5 Å². The van der Waals surface area contributed by atoms with E-state index < -0.39 is 11.7 Å². The first kappa shape index (κ1) is 21.6. The number of hydrogen-bond donors (Lipinski definition) is 1. The molecule has 1 aromatic carbocycles. The third-order valence-corrected chi connectivity index (χ3v) is 5.94. The quantitative estimate of drug-likeness (QED) is 0.474. The third-order valence-electron chi connectivity index (χ3n) is 5.94. The van der Waals surface area contributed by atoms with Crippen LogP contribution in [-0.4, -0.2) is 25.7 Å². The molecule has 170 valence electrons. The summed E-state index contributed by atoms with van der Waals surface area (Å²) in [5, 5.41) is 4.81. The van der Waals surface area contributed by atoms with E-state index in [1.165, 1.54) is 17.0 Å². The summed E-state index contributed by atoms with van der Waals surface area (Å²) in [6.45, 7) is 2.65. The van der Waals surface area contributed by atoms with Crippen LogP contribution in [0.15, 0.2) is 36.8 Å². The van der Waals surface area contributed by atoms with Gasteiger partial charge in [-0.3, -0.25) is 19.4 Å². The third kappa shape index (κ3) is 3.64. The SMILES string of the molecule is C#Cc1cnc(CN(C(=O)c2cc3c4c(c(N)nc3cc2F)COC4)c2cnn(C)c2)cc1C. The molecule has 9 heteroatoms. The number of halogens is 1. The van der Waals surface area contributed by atoms with Gasteiger partial charge in [-0.25, -0.2) is 9.37 Å². The Labute approximate surface area is 195 Å². The van der Waals surface area contributed by atoms with Crippen molar-refractivity contribution >= 4 is 28.3 Å². The molecule has 0 saturated heterocycles. The number of ether oxygens (including phenoxy) is 1. The predicted molar refractivity (Wildman–Crippen MR) is 125 cm³/mol. The highest BCUT2D eigenvalue weighted by Crippen LogP contribution is 2.33. The number of hydrogen-bond acceptors (Lipinski definition) is 6. The Morgan fingerprint density at radius 2 is 2.09 bits per heavy atom. The lowest BCUT2D eigenvalue weighted by molar-refractivity contribution is 0.0981. The number of nitrogens with two attached hydrogens (primary N) is 1. The number of aryl methyl sites for hydroxylation is 2. The van der Waals surface area contributed by atoms with E-state index in [1.54, 1.807) is 30.3 Å². The van der Waals surface area contributed by atoms with Gasteiger partial charge in [0, 0.05) is 42.0 Å². The van der Waals surface area contributed by atoms with Gasteiger partial charge in [0.15, 0.2) is 0 Å². The molecule has 0 spiro atoms. The standard InChI is InChI=1S/C25H21FN6O2/c1-4-15-8-28-16(5-14(15)2)10-32(17-9-29-31(3)11-17)25(33)19-6-18-20-12-34-13-21(20)24(27)30-23(18)7-22(19)26/h1,5-9,11H,10,12-13H2,2-3H3,(H2,27,30). The minimum absolute atomic E-state index is 0.0889. The zero-order valence-electron chi connectivity index (χ0n) is 18.7. The average molecular weight is 456 g/mol. The Balaban J connectivity index is 1.60. The summed E-state index contributed by atoms with van der Waals surface area (Å²) in [6, 6.07) is 4.58. The van der Waals surface area contributed by atoms with Crippen molar-refractivity contribution in [3.63, 3.8) is 0 Å². The van der Waals surface area contributed by atoms with Crippen molar-refractivity contribution in [3.05, 3.63) is 76.1 Å². The number of carbonyl (C=O) groups is 1. The lowest BCUT2D eigenvalue weighted by atomic mass is 10.0. The average Bonchev–Trinajstić information content (AvgIpc) is 3.47. The lowest BCUT2D eigenvalue weighted by Crippen LogP contribution is -2.31. The van der Waals surface area contributed by atoms with E-state index >= 15 is 4.39 Å². The molecule has 0 aliphatic carbocycles. The number of benzene rings is 1. The Kier molecular flexibility index (Phi) is 5.23. The van der Waals surface area contributed by atoms with Crippen molar-refractivity contribution in [2.75, 3.05) is 10.6 Å².